The Labute approximate surface area is 106 Å². The maximum Gasteiger partial charge on any atom is 0.329 e. The van der Waals surface area contributed by atoms with Crippen LogP contribution in [0.4, 0.5) is 0 Å². The monoisotopic (exact) mass is 256 g/mol. The Bertz CT molecular complexity index is 307. The molecule has 0 unspecified atom stereocenters. The fraction of sp³-hybridized carbons (Fsp3) is 0.833. The van der Waals surface area contributed by atoms with E-state index < -0.39 is 5.97 Å². The number of rotatable bonds is 4. The molecule has 1 atom stereocenters. The highest BCUT2D eigenvalue weighted by Crippen LogP contribution is 2.16. The van der Waals surface area contributed by atoms with E-state index in [9.17, 15) is 9.59 Å². The lowest BCUT2D eigenvalue weighted by Gasteiger charge is -2.33. The molecule has 6 heteroatoms. The number of carbonyl (C=O) groups is 2. The second kappa shape index (κ2) is 6.15. The zero-order valence-electron chi connectivity index (χ0n) is 10.4. The van der Waals surface area contributed by atoms with Gasteiger partial charge in [0.05, 0.1) is 12.1 Å². The van der Waals surface area contributed by atoms with E-state index in [2.05, 4.69) is 5.32 Å². The lowest BCUT2D eigenvalue weighted by atomic mass is 10.1. The third kappa shape index (κ3) is 3.43. The van der Waals surface area contributed by atoms with Gasteiger partial charge in [-0.2, -0.15) is 0 Å². The fourth-order valence-electron chi connectivity index (χ4n) is 2.55. The number of amides is 1. The SMILES string of the molecule is O=C(O)COC1CCN(C(=O)[C@@H]2CCCN2)CC1. The minimum absolute atomic E-state index is 0.0125. The van der Waals surface area contributed by atoms with Gasteiger partial charge in [-0.3, -0.25) is 4.79 Å². The maximum absolute atomic E-state index is 12.1. The summed E-state index contributed by atoms with van der Waals surface area (Å²) in [4.78, 5) is 24.4. The number of carbonyl (C=O) groups excluding carboxylic acids is 1. The standard InChI is InChI=1S/C12H20N2O4/c15-11(16)8-18-9-3-6-14(7-4-9)12(17)10-2-1-5-13-10/h9-10,13H,1-8H2,(H,15,16)/t10-/m0/s1. The summed E-state index contributed by atoms with van der Waals surface area (Å²) < 4.78 is 5.24. The van der Waals surface area contributed by atoms with Crippen molar-refractivity contribution in [3.63, 3.8) is 0 Å². The molecule has 2 aliphatic rings. The van der Waals surface area contributed by atoms with Gasteiger partial charge < -0.3 is 20.1 Å². The number of ether oxygens (including phenoxy) is 1. The number of hydrogen-bond donors (Lipinski definition) is 2. The summed E-state index contributed by atoms with van der Waals surface area (Å²) in [6.07, 6.45) is 3.42. The van der Waals surface area contributed by atoms with Gasteiger partial charge in [-0.05, 0) is 32.2 Å². The van der Waals surface area contributed by atoms with Gasteiger partial charge in [0.1, 0.15) is 6.61 Å². The van der Waals surface area contributed by atoms with Crippen molar-refractivity contribution >= 4 is 11.9 Å². The first-order valence-corrected chi connectivity index (χ1v) is 6.52. The molecule has 2 N–H and O–H groups in total. The second-order valence-corrected chi connectivity index (χ2v) is 4.88. The summed E-state index contributed by atoms with van der Waals surface area (Å²) in [5.41, 5.74) is 0. The average Bonchev–Trinajstić information content (AvgIpc) is 2.90. The predicted molar refractivity (Wildman–Crippen MR) is 64.2 cm³/mol. The lowest BCUT2D eigenvalue weighted by Crippen LogP contribution is -2.48. The van der Waals surface area contributed by atoms with Crippen LogP contribution in [0.1, 0.15) is 25.7 Å². The third-order valence-electron chi connectivity index (χ3n) is 3.55. The highest BCUT2D eigenvalue weighted by Gasteiger charge is 2.30. The van der Waals surface area contributed by atoms with E-state index >= 15 is 0 Å². The van der Waals surface area contributed by atoms with Gasteiger partial charge in [0.2, 0.25) is 5.91 Å². The molecule has 6 nitrogen and oxygen atoms in total. The van der Waals surface area contributed by atoms with E-state index in [1.807, 2.05) is 4.90 Å². The molecule has 0 aromatic carbocycles. The van der Waals surface area contributed by atoms with E-state index in [1.54, 1.807) is 0 Å². The molecule has 0 spiro atoms. The van der Waals surface area contributed by atoms with Crippen molar-refractivity contribution in [1.82, 2.24) is 10.2 Å². The molecule has 2 heterocycles. The van der Waals surface area contributed by atoms with Crippen molar-refractivity contribution in [3.8, 4) is 0 Å². The number of piperidine rings is 1. The topological polar surface area (TPSA) is 78.9 Å². The van der Waals surface area contributed by atoms with Gasteiger partial charge >= 0.3 is 5.97 Å². The molecule has 18 heavy (non-hydrogen) atoms. The fourth-order valence-corrected chi connectivity index (χ4v) is 2.55. The Morgan fingerprint density at radius 1 is 1.28 bits per heavy atom. The zero-order valence-corrected chi connectivity index (χ0v) is 10.4. The first kappa shape index (κ1) is 13.3. The molecule has 0 aliphatic carbocycles. The normalized spacial score (nSPS) is 25.3. The summed E-state index contributed by atoms with van der Waals surface area (Å²) in [6, 6.07) is -0.0125. The van der Waals surface area contributed by atoms with Crippen LogP contribution in [0.25, 0.3) is 0 Å². The number of carboxylic acid groups (broad SMARTS) is 1. The van der Waals surface area contributed by atoms with Gasteiger partial charge in [0.15, 0.2) is 0 Å². The van der Waals surface area contributed by atoms with Crippen molar-refractivity contribution in [2.45, 2.75) is 37.8 Å². The van der Waals surface area contributed by atoms with Gasteiger partial charge in [-0.1, -0.05) is 0 Å². The smallest absolute Gasteiger partial charge is 0.329 e. The minimum Gasteiger partial charge on any atom is -0.480 e. The van der Waals surface area contributed by atoms with Crippen LogP contribution >= 0.6 is 0 Å². The molecular weight excluding hydrogens is 236 g/mol. The number of hydrogen-bond acceptors (Lipinski definition) is 4. The molecule has 0 saturated carbocycles. The molecule has 0 bridgehead atoms. The van der Waals surface area contributed by atoms with Crippen LogP contribution in [0.3, 0.4) is 0 Å². The Morgan fingerprint density at radius 3 is 2.56 bits per heavy atom. The molecular formula is C12H20N2O4. The molecule has 0 radical (unpaired) electrons. The molecule has 2 rings (SSSR count). The second-order valence-electron chi connectivity index (χ2n) is 4.88. The van der Waals surface area contributed by atoms with Crippen LogP contribution in [-0.2, 0) is 14.3 Å². The van der Waals surface area contributed by atoms with Crippen LogP contribution in [0.2, 0.25) is 0 Å². The maximum atomic E-state index is 12.1. The lowest BCUT2D eigenvalue weighted by molar-refractivity contribution is -0.147. The van der Waals surface area contributed by atoms with Crippen LogP contribution in [0.15, 0.2) is 0 Å². The van der Waals surface area contributed by atoms with Crippen LogP contribution in [0.5, 0.6) is 0 Å². The number of nitrogens with one attached hydrogen (secondary N) is 1. The Balaban J connectivity index is 1.72. The summed E-state index contributed by atoms with van der Waals surface area (Å²) >= 11 is 0. The third-order valence-corrected chi connectivity index (χ3v) is 3.55. The van der Waals surface area contributed by atoms with Crippen molar-refractivity contribution in [3.05, 3.63) is 0 Å². The largest absolute Gasteiger partial charge is 0.480 e. The van der Waals surface area contributed by atoms with Crippen LogP contribution in [-0.4, -0.2) is 60.3 Å². The number of carboxylic acids is 1. The van der Waals surface area contributed by atoms with E-state index in [0.717, 1.165) is 32.2 Å². The number of nitrogens with zero attached hydrogens (tertiary/aromatic N) is 1. The zero-order chi connectivity index (χ0) is 13.0. The van der Waals surface area contributed by atoms with Crippen molar-refractivity contribution in [1.29, 1.82) is 0 Å². The minimum atomic E-state index is -0.941. The summed E-state index contributed by atoms with van der Waals surface area (Å²) in [6.45, 7) is 2.01. The number of likely N-dealkylation sites (tertiary alicyclic amines) is 1. The van der Waals surface area contributed by atoms with Crippen LogP contribution < -0.4 is 5.32 Å². The Morgan fingerprint density at radius 2 is 2.00 bits per heavy atom. The van der Waals surface area contributed by atoms with Gasteiger partial charge in [0, 0.05) is 13.1 Å². The molecule has 1 amide bonds. The molecule has 2 saturated heterocycles. The van der Waals surface area contributed by atoms with Crippen LogP contribution in [0, 0.1) is 0 Å². The van der Waals surface area contributed by atoms with E-state index in [-0.39, 0.29) is 24.7 Å². The van der Waals surface area contributed by atoms with Gasteiger partial charge in [0.25, 0.3) is 0 Å². The summed E-state index contributed by atoms with van der Waals surface area (Å²) in [7, 11) is 0. The quantitative estimate of drug-likeness (QED) is 0.730. The Hall–Kier alpha value is -1.14. The van der Waals surface area contributed by atoms with Gasteiger partial charge in [-0.15, -0.1) is 0 Å². The molecule has 2 fully saturated rings. The predicted octanol–water partition coefficient (Wildman–Crippen LogP) is -0.169. The number of aliphatic carboxylic acids is 1. The van der Waals surface area contributed by atoms with E-state index in [0.29, 0.717) is 13.1 Å². The van der Waals surface area contributed by atoms with Crippen molar-refractivity contribution in [2.75, 3.05) is 26.2 Å². The summed E-state index contributed by atoms with van der Waals surface area (Å²) in [5.74, 6) is -0.757. The highest BCUT2D eigenvalue weighted by atomic mass is 16.5. The first-order chi connectivity index (χ1) is 8.66. The Kier molecular flexibility index (Phi) is 4.54. The molecule has 2 aliphatic heterocycles. The van der Waals surface area contributed by atoms with E-state index in [1.165, 1.54) is 0 Å². The van der Waals surface area contributed by atoms with Crippen molar-refractivity contribution in [2.24, 2.45) is 0 Å². The molecule has 0 aromatic rings. The van der Waals surface area contributed by atoms with Crippen molar-refractivity contribution < 1.29 is 19.4 Å². The molecule has 102 valence electrons. The highest BCUT2D eigenvalue weighted by molar-refractivity contribution is 5.82. The average molecular weight is 256 g/mol. The van der Waals surface area contributed by atoms with Gasteiger partial charge in [-0.25, -0.2) is 4.79 Å². The summed E-state index contributed by atoms with van der Waals surface area (Å²) in [5, 5.41) is 11.7. The first-order valence-electron chi connectivity index (χ1n) is 6.52. The van der Waals surface area contributed by atoms with E-state index in [4.69, 9.17) is 9.84 Å². The molecule has 0 aromatic heterocycles.